The topological polar surface area (TPSA) is 62.2 Å². The Morgan fingerprint density at radius 1 is 1.82 bits per heavy atom. The van der Waals surface area contributed by atoms with Crippen molar-refractivity contribution in [2.24, 2.45) is 0 Å². The highest BCUT2D eigenvalue weighted by Gasteiger charge is 2.15. The van der Waals surface area contributed by atoms with Crippen LogP contribution in [0.3, 0.4) is 0 Å². The van der Waals surface area contributed by atoms with E-state index in [9.17, 15) is 4.79 Å². The van der Waals surface area contributed by atoms with Crippen molar-refractivity contribution in [1.29, 1.82) is 5.41 Å². The number of hydrogen-bond acceptors (Lipinski definition) is 3. The summed E-state index contributed by atoms with van der Waals surface area (Å²) in [6, 6.07) is 0. The summed E-state index contributed by atoms with van der Waals surface area (Å²) in [6.07, 6.45) is 3.03. The molecule has 0 spiro atoms. The highest BCUT2D eigenvalue weighted by atomic mass is 16.5. The van der Waals surface area contributed by atoms with Gasteiger partial charge in [-0.15, -0.1) is 0 Å². The molecule has 0 aromatic carbocycles. The summed E-state index contributed by atoms with van der Waals surface area (Å²) in [5, 5.41) is 9.17. The molecule has 0 radical (unpaired) electrons. The summed E-state index contributed by atoms with van der Waals surface area (Å²) in [4.78, 5) is 10.6. The summed E-state index contributed by atoms with van der Waals surface area (Å²) in [6.45, 7) is 1.33. The molecule has 11 heavy (non-hydrogen) atoms. The highest BCUT2D eigenvalue weighted by molar-refractivity contribution is 6.24. The largest absolute Gasteiger partial charge is 0.376 e. The second kappa shape index (κ2) is 4.08. The van der Waals surface area contributed by atoms with Crippen molar-refractivity contribution in [3.63, 3.8) is 0 Å². The first-order chi connectivity index (χ1) is 5.33. The molecule has 0 saturated carbocycles. The fourth-order valence-electron chi connectivity index (χ4n) is 1.07. The zero-order valence-corrected chi connectivity index (χ0v) is 6.30. The Morgan fingerprint density at radius 3 is 3.18 bits per heavy atom. The minimum absolute atomic E-state index is 0.166. The van der Waals surface area contributed by atoms with Gasteiger partial charge in [0, 0.05) is 13.2 Å². The van der Waals surface area contributed by atoms with E-state index in [-0.39, 0.29) is 12.0 Å². The Kier molecular flexibility index (Phi) is 3.04. The van der Waals surface area contributed by atoms with Gasteiger partial charge in [0.25, 0.3) is 5.91 Å². The molecule has 1 heterocycles. The second-order valence-corrected chi connectivity index (χ2v) is 2.52. The number of hydrogen-bond donors (Lipinski definition) is 2. The predicted molar refractivity (Wildman–Crippen MR) is 40.8 cm³/mol. The minimum atomic E-state index is -0.347. The molecule has 1 aliphatic heterocycles. The van der Waals surface area contributed by atoms with E-state index in [4.69, 9.17) is 10.1 Å². The molecule has 4 nitrogen and oxygen atoms in total. The summed E-state index contributed by atoms with van der Waals surface area (Å²) >= 11 is 0. The number of carbonyl (C=O) groups excluding carboxylic acids is 1. The van der Waals surface area contributed by atoms with E-state index in [1.165, 1.54) is 0 Å². The van der Waals surface area contributed by atoms with Gasteiger partial charge >= 0.3 is 0 Å². The Morgan fingerprint density at radius 2 is 2.64 bits per heavy atom. The standard InChI is InChI=1S/C7H12N2O2/c8-4-7(10)9-5-6-2-1-3-11-6/h4,6,8H,1-3,5H2,(H,9,10). The van der Waals surface area contributed by atoms with Crippen LogP contribution in [-0.2, 0) is 9.53 Å². The van der Waals surface area contributed by atoms with Gasteiger partial charge in [-0.25, -0.2) is 0 Å². The fraction of sp³-hybridized carbons (Fsp3) is 0.714. The van der Waals surface area contributed by atoms with Crippen LogP contribution >= 0.6 is 0 Å². The van der Waals surface area contributed by atoms with E-state index in [1.54, 1.807) is 0 Å². The van der Waals surface area contributed by atoms with Gasteiger partial charge in [0.2, 0.25) is 0 Å². The van der Waals surface area contributed by atoms with Gasteiger partial charge < -0.3 is 15.5 Å². The Hall–Kier alpha value is -0.900. The number of carbonyl (C=O) groups is 1. The van der Waals surface area contributed by atoms with Gasteiger partial charge in [-0.2, -0.15) is 0 Å². The Balaban J connectivity index is 2.10. The van der Waals surface area contributed by atoms with Crippen molar-refractivity contribution in [3.05, 3.63) is 0 Å². The smallest absolute Gasteiger partial charge is 0.261 e. The molecule has 0 aromatic rings. The first-order valence-electron chi connectivity index (χ1n) is 3.73. The molecule has 1 fully saturated rings. The van der Waals surface area contributed by atoms with Crippen LogP contribution in [0.5, 0.6) is 0 Å². The first kappa shape index (κ1) is 8.20. The molecule has 2 N–H and O–H groups in total. The van der Waals surface area contributed by atoms with Gasteiger partial charge in [0.05, 0.1) is 12.3 Å². The van der Waals surface area contributed by atoms with Gasteiger partial charge in [-0.3, -0.25) is 4.79 Å². The van der Waals surface area contributed by atoms with Crippen LogP contribution in [0, 0.1) is 5.41 Å². The SMILES string of the molecule is N=CC(=O)NCC1CCCO1. The molecule has 1 rings (SSSR count). The lowest BCUT2D eigenvalue weighted by Crippen LogP contribution is -2.32. The van der Waals surface area contributed by atoms with Gasteiger partial charge in [0.15, 0.2) is 0 Å². The van der Waals surface area contributed by atoms with E-state index in [2.05, 4.69) is 5.32 Å². The normalized spacial score (nSPS) is 23.1. The summed E-state index contributed by atoms with van der Waals surface area (Å²) in [5.74, 6) is -0.347. The van der Waals surface area contributed by atoms with Gasteiger partial charge in [0.1, 0.15) is 0 Å². The third kappa shape index (κ3) is 2.67. The number of nitrogens with one attached hydrogen (secondary N) is 2. The van der Waals surface area contributed by atoms with Crippen LogP contribution < -0.4 is 5.32 Å². The summed E-state index contributed by atoms with van der Waals surface area (Å²) < 4.78 is 5.26. The molecule has 1 aliphatic rings. The van der Waals surface area contributed by atoms with Crippen molar-refractivity contribution in [1.82, 2.24) is 5.32 Å². The number of amides is 1. The molecule has 1 atom stereocenters. The maximum Gasteiger partial charge on any atom is 0.261 e. The van der Waals surface area contributed by atoms with Crippen LogP contribution in [0.25, 0.3) is 0 Å². The summed E-state index contributed by atoms with van der Waals surface area (Å²) in [5.41, 5.74) is 0. The van der Waals surface area contributed by atoms with Crippen molar-refractivity contribution in [2.75, 3.05) is 13.2 Å². The third-order valence-corrected chi connectivity index (χ3v) is 1.66. The molecule has 1 unspecified atom stereocenters. The molecule has 62 valence electrons. The fourth-order valence-corrected chi connectivity index (χ4v) is 1.07. The van der Waals surface area contributed by atoms with E-state index in [1.807, 2.05) is 0 Å². The minimum Gasteiger partial charge on any atom is -0.376 e. The summed E-state index contributed by atoms with van der Waals surface area (Å²) in [7, 11) is 0. The average Bonchev–Trinajstić information content (AvgIpc) is 2.52. The van der Waals surface area contributed by atoms with Crippen LogP contribution in [-0.4, -0.2) is 31.4 Å². The number of ether oxygens (including phenoxy) is 1. The van der Waals surface area contributed by atoms with Crippen molar-refractivity contribution in [3.8, 4) is 0 Å². The van der Waals surface area contributed by atoms with Crippen molar-refractivity contribution >= 4 is 12.1 Å². The average molecular weight is 156 g/mol. The molecule has 0 aromatic heterocycles. The van der Waals surface area contributed by atoms with E-state index in [0.717, 1.165) is 25.7 Å². The molecular weight excluding hydrogens is 144 g/mol. The first-order valence-corrected chi connectivity index (χ1v) is 3.73. The Bertz CT molecular complexity index is 153. The number of rotatable bonds is 3. The maximum absolute atomic E-state index is 10.6. The van der Waals surface area contributed by atoms with Crippen molar-refractivity contribution in [2.45, 2.75) is 18.9 Å². The zero-order valence-electron chi connectivity index (χ0n) is 6.30. The van der Waals surface area contributed by atoms with Crippen LogP contribution in [0.1, 0.15) is 12.8 Å². The van der Waals surface area contributed by atoms with Crippen molar-refractivity contribution < 1.29 is 9.53 Å². The van der Waals surface area contributed by atoms with Crippen LogP contribution in [0.2, 0.25) is 0 Å². The third-order valence-electron chi connectivity index (χ3n) is 1.66. The van der Waals surface area contributed by atoms with E-state index < -0.39 is 0 Å². The lowest BCUT2D eigenvalue weighted by atomic mass is 10.2. The Labute approximate surface area is 65.4 Å². The molecule has 0 bridgehead atoms. The molecule has 4 heteroatoms. The second-order valence-electron chi connectivity index (χ2n) is 2.52. The maximum atomic E-state index is 10.6. The van der Waals surface area contributed by atoms with E-state index in [0.29, 0.717) is 6.54 Å². The monoisotopic (exact) mass is 156 g/mol. The van der Waals surface area contributed by atoms with E-state index >= 15 is 0 Å². The van der Waals surface area contributed by atoms with Crippen LogP contribution in [0.4, 0.5) is 0 Å². The molecule has 0 aliphatic carbocycles. The lowest BCUT2D eigenvalue weighted by Gasteiger charge is -2.08. The van der Waals surface area contributed by atoms with Gasteiger partial charge in [-0.05, 0) is 12.8 Å². The van der Waals surface area contributed by atoms with Crippen LogP contribution in [0.15, 0.2) is 0 Å². The molecule has 1 saturated heterocycles. The highest BCUT2D eigenvalue weighted by Crippen LogP contribution is 2.10. The zero-order chi connectivity index (χ0) is 8.10. The predicted octanol–water partition coefficient (Wildman–Crippen LogP) is -0.0688. The molecular formula is C7H12N2O2. The lowest BCUT2D eigenvalue weighted by molar-refractivity contribution is -0.114. The van der Waals surface area contributed by atoms with Gasteiger partial charge in [-0.1, -0.05) is 0 Å². The molecule has 1 amide bonds. The quantitative estimate of drug-likeness (QED) is 0.562.